The number of rotatable bonds is 22. The lowest BCUT2D eigenvalue weighted by atomic mass is 9.64. The molecule has 5 N–H and O–H groups in total. The number of carboxylic acid groups (broad SMARTS) is 1. The van der Waals surface area contributed by atoms with Crippen molar-refractivity contribution in [1.29, 1.82) is 0 Å². The first kappa shape index (κ1) is 54.2. The zero-order valence-corrected chi connectivity index (χ0v) is 42.9. The second-order valence-corrected chi connectivity index (χ2v) is 19.0. The summed E-state index contributed by atoms with van der Waals surface area (Å²) in [5.41, 5.74) is 9.77. The molecule has 17 nitrogen and oxygen atoms in total. The number of amides is 2. The van der Waals surface area contributed by atoms with Gasteiger partial charge in [-0.15, -0.1) is 0 Å². The largest absolute Gasteiger partial charge is 0.480 e. The minimum atomic E-state index is -1.21. The molecule has 0 aromatic carbocycles. The number of ether oxygens (including phenoxy) is 4. The Hall–Kier alpha value is -7.14. The van der Waals surface area contributed by atoms with Crippen molar-refractivity contribution in [1.82, 2.24) is 30.6 Å². The molecule has 1 unspecified atom stereocenters. The predicted molar refractivity (Wildman–Crippen MR) is 274 cm³/mol. The fourth-order valence-electron chi connectivity index (χ4n) is 9.59. The molecule has 3 aromatic heterocycles. The van der Waals surface area contributed by atoms with Crippen LogP contribution in [0, 0.1) is 25.7 Å². The number of allylic oxidation sites excluding steroid dienone is 6. The topological polar surface area (TPSA) is 241 Å². The predicted octanol–water partition coefficient (Wildman–Crippen LogP) is 7.64. The maximum atomic E-state index is 13.9. The van der Waals surface area contributed by atoms with Gasteiger partial charge in [-0.1, -0.05) is 38.7 Å². The van der Waals surface area contributed by atoms with Gasteiger partial charge in [-0.3, -0.25) is 24.2 Å². The Morgan fingerprint density at radius 2 is 1.46 bits per heavy atom. The highest BCUT2D eigenvalue weighted by Gasteiger charge is 2.53. The van der Waals surface area contributed by atoms with Gasteiger partial charge in [-0.25, -0.2) is 14.6 Å². The fraction of sp³-hybridized carbons (Fsp3) is 0.455. The van der Waals surface area contributed by atoms with Gasteiger partial charge in [0.25, 0.3) is 0 Å². The number of carbonyl (C=O) groups is 6. The molecule has 0 saturated carbocycles. The molecular formula is C55H68N6O11. The van der Waals surface area contributed by atoms with Crippen molar-refractivity contribution in [2.45, 2.75) is 111 Å². The van der Waals surface area contributed by atoms with E-state index in [2.05, 4.69) is 41.0 Å². The zero-order valence-electron chi connectivity index (χ0n) is 42.9. The van der Waals surface area contributed by atoms with E-state index in [-0.39, 0.29) is 55.6 Å². The molecule has 72 heavy (non-hydrogen) atoms. The summed E-state index contributed by atoms with van der Waals surface area (Å²) in [6, 6.07) is 6.61. The van der Waals surface area contributed by atoms with E-state index in [1.54, 1.807) is 18.2 Å². The molecule has 0 radical (unpaired) electrons. The van der Waals surface area contributed by atoms with Crippen LogP contribution in [-0.4, -0.2) is 108 Å². The van der Waals surface area contributed by atoms with Crippen molar-refractivity contribution >= 4 is 74.5 Å². The third-order valence-corrected chi connectivity index (χ3v) is 13.9. The van der Waals surface area contributed by atoms with Gasteiger partial charge in [-0.05, 0) is 130 Å². The molecule has 5 heterocycles. The van der Waals surface area contributed by atoms with Crippen LogP contribution in [0.25, 0.3) is 38.8 Å². The third-order valence-electron chi connectivity index (χ3n) is 13.9. The molecular weight excluding hydrogens is 921 g/mol. The molecule has 3 aromatic rings. The number of hydrogen-bond donors (Lipinski definition) is 5. The van der Waals surface area contributed by atoms with Crippen molar-refractivity contribution < 1.29 is 52.8 Å². The number of aromatic nitrogens is 4. The highest BCUT2D eigenvalue weighted by Crippen LogP contribution is 2.52. The van der Waals surface area contributed by atoms with Crippen LogP contribution < -0.4 is 10.6 Å². The molecule has 8 bridgehead atoms. The van der Waals surface area contributed by atoms with Gasteiger partial charge in [-0.2, -0.15) is 0 Å². The first-order valence-electron chi connectivity index (χ1n) is 24.5. The average Bonchev–Trinajstić information content (AvgIpc) is 4.01. The first-order chi connectivity index (χ1) is 34.4. The van der Waals surface area contributed by atoms with Crippen molar-refractivity contribution in [3.05, 3.63) is 99.7 Å². The van der Waals surface area contributed by atoms with Gasteiger partial charge in [0.1, 0.15) is 12.0 Å². The second-order valence-electron chi connectivity index (χ2n) is 19.0. The van der Waals surface area contributed by atoms with E-state index in [4.69, 9.17) is 28.9 Å². The van der Waals surface area contributed by atoms with Crippen LogP contribution in [0.5, 0.6) is 0 Å². The normalized spacial score (nSPS) is 16.6. The number of unbranched alkanes of at least 4 members (excludes halogenated alkanes) is 1. The van der Waals surface area contributed by atoms with Crippen molar-refractivity contribution in [2.24, 2.45) is 11.8 Å². The molecule has 3 atom stereocenters. The summed E-state index contributed by atoms with van der Waals surface area (Å²) < 4.78 is 21.0. The maximum absolute atomic E-state index is 13.9. The number of aliphatic carboxylic acids is 1. The number of aromatic amines is 2. The molecule has 1 aliphatic carbocycles. The number of fused-ring (bicyclic) bond motifs is 11. The summed E-state index contributed by atoms with van der Waals surface area (Å²) in [6.45, 7) is 17.1. The lowest BCUT2D eigenvalue weighted by Crippen LogP contribution is -2.42. The maximum Gasteiger partial charge on any atom is 0.334 e. The summed E-state index contributed by atoms with van der Waals surface area (Å²) in [4.78, 5) is 95.0. The molecule has 384 valence electrons. The highest BCUT2D eigenvalue weighted by molar-refractivity contribution is 6.02. The standard InChI is InChI=1S/C55H68N6O11/c1-11-34-31(4)41-27-46-38-18-15-37(53(67)70-9)51(54(68)71-10)55(38,7)47(60-46)29-42-33(6)36(17-20-50(64)69-8)45(59-42)28-44-35(32(5)40(58-44)26-43(34)57-41)16-19-48(62)56-23-13-12-14-39(52(65)66)61-49(63)22-25-72-24-21-30(2)3/h11,15,18,26-30,39,51,58-59H,1,12-14,16-17,19-25H2,2-10H3,(H,56,62)(H,61,63)(H,65,66)/t39?,51-,55+/m1/s1. The number of nitrogens with one attached hydrogen (secondary N) is 4. The smallest absolute Gasteiger partial charge is 0.334 e. The lowest BCUT2D eigenvalue weighted by Gasteiger charge is -2.36. The van der Waals surface area contributed by atoms with Gasteiger partial charge >= 0.3 is 23.9 Å². The molecule has 0 saturated heterocycles. The van der Waals surface area contributed by atoms with Crippen molar-refractivity contribution in [3.63, 3.8) is 0 Å². The molecule has 3 aliphatic rings. The Morgan fingerprint density at radius 1 is 0.778 bits per heavy atom. The Kier molecular flexibility index (Phi) is 18.0. The Morgan fingerprint density at radius 3 is 2.08 bits per heavy atom. The Bertz CT molecular complexity index is 2900. The van der Waals surface area contributed by atoms with Crippen LogP contribution >= 0.6 is 0 Å². The summed E-state index contributed by atoms with van der Waals surface area (Å²) in [7, 11) is 3.88. The SMILES string of the molecule is C=CC1=C(C)c2cc3nc(cc4[nH]c(cc5[nH]c(cc1n2)c(C)c5CCC(=O)NCCCCC(NC(=O)CCOCCC(C)C)C(=O)O)c(CCC(=O)OC)c4C)[C@]1(C)C3=CC=C(C(=O)OC)[C@@H]1C(=O)OC. The first-order valence-corrected chi connectivity index (χ1v) is 24.5. The zero-order chi connectivity index (χ0) is 52.4. The van der Waals surface area contributed by atoms with Crippen LogP contribution in [0.15, 0.2) is 54.6 Å². The van der Waals surface area contributed by atoms with Crippen molar-refractivity contribution in [2.75, 3.05) is 41.1 Å². The number of hydrogen-bond acceptors (Lipinski definition) is 12. The van der Waals surface area contributed by atoms with Gasteiger partial charge in [0, 0.05) is 60.1 Å². The Labute approximate surface area is 420 Å². The van der Waals surface area contributed by atoms with E-state index < -0.39 is 35.3 Å². The van der Waals surface area contributed by atoms with Crippen LogP contribution in [0.3, 0.4) is 0 Å². The molecule has 0 spiro atoms. The summed E-state index contributed by atoms with van der Waals surface area (Å²) in [5.74, 6) is -4.03. The van der Waals surface area contributed by atoms with Gasteiger partial charge in [0.15, 0.2) is 0 Å². The third kappa shape index (κ3) is 12.0. The molecule has 6 rings (SSSR count). The number of aryl methyl sites for hydroxylation is 4. The highest BCUT2D eigenvalue weighted by atomic mass is 16.5. The minimum Gasteiger partial charge on any atom is -0.480 e. The quantitative estimate of drug-likeness (QED) is 0.0370. The van der Waals surface area contributed by atoms with E-state index in [1.165, 1.54) is 21.3 Å². The molecule has 2 amide bonds. The fourth-order valence-corrected chi connectivity index (χ4v) is 9.59. The van der Waals surface area contributed by atoms with Crippen LogP contribution in [-0.2, 0) is 66.0 Å². The number of methoxy groups -OCH3 is 3. The van der Waals surface area contributed by atoms with E-state index >= 15 is 0 Å². The minimum absolute atomic E-state index is 0.0752. The number of esters is 3. The van der Waals surface area contributed by atoms with Crippen LogP contribution in [0.4, 0.5) is 0 Å². The number of carboxylic acids is 1. The number of H-pyrrole nitrogens is 2. The monoisotopic (exact) mass is 988 g/mol. The molecule has 0 fully saturated rings. The summed E-state index contributed by atoms with van der Waals surface area (Å²) >= 11 is 0. The number of carbonyl (C=O) groups excluding carboxylic acids is 5. The van der Waals surface area contributed by atoms with E-state index in [1.807, 2.05) is 52.0 Å². The summed E-state index contributed by atoms with van der Waals surface area (Å²) in [5, 5.41) is 15.3. The number of nitrogens with zero attached hydrogens (tertiary/aromatic N) is 2. The molecule has 17 heteroatoms. The van der Waals surface area contributed by atoms with E-state index in [0.717, 1.165) is 50.9 Å². The van der Waals surface area contributed by atoms with Crippen molar-refractivity contribution in [3.8, 4) is 0 Å². The van der Waals surface area contributed by atoms with Gasteiger partial charge in [0.2, 0.25) is 11.8 Å². The van der Waals surface area contributed by atoms with E-state index in [0.29, 0.717) is 84.1 Å². The van der Waals surface area contributed by atoms with Crippen LogP contribution in [0.2, 0.25) is 0 Å². The van der Waals surface area contributed by atoms with E-state index in [9.17, 15) is 33.9 Å². The molecule has 2 aliphatic heterocycles. The Balaban J connectivity index is 1.37. The lowest BCUT2D eigenvalue weighted by molar-refractivity contribution is -0.149. The van der Waals surface area contributed by atoms with Crippen LogP contribution in [0.1, 0.15) is 118 Å². The second kappa shape index (κ2) is 23.8. The average molecular weight is 989 g/mol. The van der Waals surface area contributed by atoms with Gasteiger partial charge in [0.05, 0.1) is 61.7 Å². The van der Waals surface area contributed by atoms with Gasteiger partial charge < -0.3 is 44.7 Å². The summed E-state index contributed by atoms with van der Waals surface area (Å²) in [6.07, 6.45) is 8.18.